The van der Waals surface area contributed by atoms with Gasteiger partial charge in [-0.1, -0.05) is 33.6 Å². The van der Waals surface area contributed by atoms with E-state index in [1.807, 2.05) is 13.8 Å². The Morgan fingerprint density at radius 2 is 1.78 bits per heavy atom. The minimum absolute atomic E-state index is 0.196. The molecule has 11 nitrogen and oxygen atoms in total. The second-order valence-electron chi connectivity index (χ2n) is 9.90. The van der Waals surface area contributed by atoms with Crippen molar-refractivity contribution >= 4 is 29.7 Å². The standard InChI is InChI=1S/C24H42N2O9S/c1-7-8-15-9-10-26(24(32)34-14(5)33-13(4)27)16(11-15)22(31)25-17(12(2)3)21-19(29)18(28)20(30)23(35-21)36-6/h12,14-21,23,28-30H,7-11H2,1-6H3,(H,25,31). The van der Waals surface area contributed by atoms with Gasteiger partial charge in [-0.15, -0.1) is 11.8 Å². The fraction of sp³-hybridized carbons (Fsp3) is 0.875. The third-order valence-corrected chi connectivity index (χ3v) is 7.62. The predicted octanol–water partition coefficient (Wildman–Crippen LogP) is 1.22. The van der Waals surface area contributed by atoms with Crippen LogP contribution < -0.4 is 5.32 Å². The lowest BCUT2D eigenvalue weighted by Crippen LogP contribution is -2.65. The third kappa shape index (κ3) is 7.70. The summed E-state index contributed by atoms with van der Waals surface area (Å²) in [6.07, 6.45) is -2.22. The maximum atomic E-state index is 13.6. The highest BCUT2D eigenvalue weighted by Gasteiger charge is 2.48. The molecule has 2 aliphatic rings. The predicted molar refractivity (Wildman–Crippen MR) is 133 cm³/mol. The monoisotopic (exact) mass is 534 g/mol. The highest BCUT2D eigenvalue weighted by molar-refractivity contribution is 7.99. The Bertz CT molecular complexity index is 753. The van der Waals surface area contributed by atoms with Crippen LogP contribution in [0.1, 0.15) is 60.3 Å². The number of nitrogens with zero attached hydrogens (tertiary/aromatic N) is 1. The van der Waals surface area contributed by atoms with Crippen molar-refractivity contribution in [3.05, 3.63) is 0 Å². The number of piperidine rings is 1. The summed E-state index contributed by atoms with van der Waals surface area (Å²) in [4.78, 5) is 39.0. The molecule has 12 heteroatoms. The summed E-state index contributed by atoms with van der Waals surface area (Å²) in [6, 6.07) is -1.53. The van der Waals surface area contributed by atoms with Gasteiger partial charge >= 0.3 is 12.1 Å². The number of nitrogens with one attached hydrogen (secondary N) is 1. The third-order valence-electron chi connectivity index (χ3n) is 6.76. The van der Waals surface area contributed by atoms with Crippen LogP contribution in [0, 0.1) is 11.8 Å². The number of hydrogen-bond donors (Lipinski definition) is 4. The maximum absolute atomic E-state index is 13.6. The molecule has 0 aliphatic carbocycles. The molecule has 0 aromatic carbocycles. The molecule has 0 radical (unpaired) electrons. The van der Waals surface area contributed by atoms with Gasteiger partial charge in [-0.25, -0.2) is 4.79 Å². The molecule has 0 saturated carbocycles. The second-order valence-corrected chi connectivity index (χ2v) is 10.8. The lowest BCUT2D eigenvalue weighted by Gasteiger charge is -2.45. The first-order valence-electron chi connectivity index (χ1n) is 12.6. The van der Waals surface area contributed by atoms with E-state index in [1.165, 1.54) is 30.5 Å². The Morgan fingerprint density at radius 1 is 1.11 bits per heavy atom. The molecule has 0 aromatic rings. The molecule has 2 heterocycles. The quantitative estimate of drug-likeness (QED) is 0.251. The van der Waals surface area contributed by atoms with Crippen molar-refractivity contribution in [3.63, 3.8) is 0 Å². The number of likely N-dealkylation sites (tertiary alicyclic amines) is 1. The number of carbonyl (C=O) groups excluding carboxylic acids is 3. The van der Waals surface area contributed by atoms with E-state index in [0.29, 0.717) is 19.4 Å². The van der Waals surface area contributed by atoms with E-state index in [9.17, 15) is 29.7 Å². The summed E-state index contributed by atoms with van der Waals surface area (Å²) in [5.41, 5.74) is -0.774. The first-order chi connectivity index (χ1) is 16.9. The van der Waals surface area contributed by atoms with Crippen molar-refractivity contribution in [1.82, 2.24) is 10.2 Å². The molecule has 9 unspecified atom stereocenters. The number of esters is 1. The minimum atomic E-state index is -1.43. The molecule has 4 N–H and O–H groups in total. The molecule has 2 saturated heterocycles. The molecule has 2 amide bonds. The van der Waals surface area contributed by atoms with Crippen LogP contribution in [-0.4, -0.2) is 99.2 Å². The number of hydrogen-bond acceptors (Lipinski definition) is 10. The van der Waals surface area contributed by atoms with Crippen molar-refractivity contribution in [2.75, 3.05) is 12.8 Å². The fourth-order valence-corrected chi connectivity index (χ4v) is 5.58. The number of rotatable bonds is 9. The van der Waals surface area contributed by atoms with Crippen LogP contribution in [0.15, 0.2) is 0 Å². The molecule has 2 fully saturated rings. The lowest BCUT2D eigenvalue weighted by molar-refractivity contribution is -0.208. The summed E-state index contributed by atoms with van der Waals surface area (Å²) < 4.78 is 16.0. The van der Waals surface area contributed by atoms with Gasteiger partial charge < -0.3 is 34.8 Å². The Balaban J connectivity index is 2.23. The van der Waals surface area contributed by atoms with Crippen molar-refractivity contribution in [2.45, 2.75) is 109 Å². The van der Waals surface area contributed by atoms with E-state index in [-0.39, 0.29) is 11.8 Å². The van der Waals surface area contributed by atoms with Crippen LogP contribution in [0.5, 0.6) is 0 Å². The topological polar surface area (TPSA) is 155 Å². The smallest absolute Gasteiger partial charge is 0.413 e. The van der Waals surface area contributed by atoms with Gasteiger partial charge in [-0.05, 0) is 30.9 Å². The van der Waals surface area contributed by atoms with E-state index in [1.54, 1.807) is 6.26 Å². The van der Waals surface area contributed by atoms with Crippen molar-refractivity contribution in [1.29, 1.82) is 0 Å². The summed E-state index contributed by atoms with van der Waals surface area (Å²) in [5.74, 6) is -0.970. The van der Waals surface area contributed by atoms with Crippen molar-refractivity contribution in [2.24, 2.45) is 11.8 Å². The normalized spacial score (nSPS) is 32.5. The summed E-state index contributed by atoms with van der Waals surface area (Å²) in [7, 11) is 0. The minimum Gasteiger partial charge on any atom is -0.426 e. The second kappa shape index (κ2) is 13.8. The number of aliphatic hydroxyl groups is 3. The van der Waals surface area contributed by atoms with E-state index in [2.05, 4.69) is 12.2 Å². The van der Waals surface area contributed by atoms with Gasteiger partial charge in [0.15, 0.2) is 0 Å². The molecule has 0 spiro atoms. The maximum Gasteiger partial charge on any atom is 0.413 e. The zero-order chi connectivity index (χ0) is 27.2. The molecule has 9 atom stereocenters. The Hall–Kier alpha value is -1.60. The highest BCUT2D eigenvalue weighted by Crippen LogP contribution is 2.32. The van der Waals surface area contributed by atoms with Crippen LogP contribution in [0.25, 0.3) is 0 Å². The van der Waals surface area contributed by atoms with E-state index in [0.717, 1.165) is 12.8 Å². The number of carbonyl (C=O) groups is 3. The Labute approximate surface area is 217 Å². The zero-order valence-electron chi connectivity index (χ0n) is 22.0. The summed E-state index contributed by atoms with van der Waals surface area (Å²) in [6.45, 7) is 8.71. The van der Waals surface area contributed by atoms with Gasteiger partial charge in [0.2, 0.25) is 12.2 Å². The van der Waals surface area contributed by atoms with E-state index < -0.39 is 66.2 Å². The van der Waals surface area contributed by atoms with Crippen LogP contribution in [0.3, 0.4) is 0 Å². The molecule has 0 aromatic heterocycles. The lowest BCUT2D eigenvalue weighted by atomic mass is 9.86. The first-order valence-corrected chi connectivity index (χ1v) is 13.9. The van der Waals surface area contributed by atoms with Gasteiger partial charge in [0.25, 0.3) is 0 Å². The van der Waals surface area contributed by atoms with Gasteiger partial charge in [0, 0.05) is 20.4 Å². The number of amides is 2. The van der Waals surface area contributed by atoms with Gasteiger partial charge in [-0.3, -0.25) is 14.5 Å². The van der Waals surface area contributed by atoms with Gasteiger partial charge in [0.05, 0.1) is 6.04 Å². The molecule has 2 rings (SSSR count). The molecule has 2 aliphatic heterocycles. The number of ether oxygens (including phenoxy) is 3. The van der Waals surface area contributed by atoms with E-state index >= 15 is 0 Å². The van der Waals surface area contributed by atoms with Crippen molar-refractivity contribution < 1.29 is 43.9 Å². The highest BCUT2D eigenvalue weighted by atomic mass is 32.2. The zero-order valence-corrected chi connectivity index (χ0v) is 22.8. The average molecular weight is 535 g/mol. The largest absolute Gasteiger partial charge is 0.426 e. The molecular formula is C24H42N2O9S. The van der Waals surface area contributed by atoms with Gasteiger partial charge in [-0.2, -0.15) is 0 Å². The molecular weight excluding hydrogens is 492 g/mol. The number of thioether (sulfide) groups is 1. The first kappa shape index (κ1) is 30.6. The Kier molecular flexibility index (Phi) is 11.7. The number of aliphatic hydroxyl groups excluding tert-OH is 3. The fourth-order valence-electron chi connectivity index (χ4n) is 4.90. The molecule has 208 valence electrons. The van der Waals surface area contributed by atoms with Crippen LogP contribution >= 0.6 is 11.8 Å². The molecule has 36 heavy (non-hydrogen) atoms. The van der Waals surface area contributed by atoms with Crippen LogP contribution in [0.2, 0.25) is 0 Å². The van der Waals surface area contributed by atoms with Gasteiger partial charge in [0.1, 0.15) is 35.9 Å². The SMILES string of the molecule is CCCC1CCN(C(=O)OC(C)OC(C)=O)C(C(=O)NC(C(C)C)C2OC(SC)C(O)C(O)C2O)C1. The average Bonchev–Trinajstić information content (AvgIpc) is 2.80. The Morgan fingerprint density at radius 3 is 2.33 bits per heavy atom. The van der Waals surface area contributed by atoms with Crippen LogP contribution in [-0.2, 0) is 23.8 Å². The van der Waals surface area contributed by atoms with Crippen LogP contribution in [0.4, 0.5) is 4.79 Å². The summed E-state index contributed by atoms with van der Waals surface area (Å²) >= 11 is 1.20. The summed E-state index contributed by atoms with van der Waals surface area (Å²) in [5, 5.41) is 34.2. The van der Waals surface area contributed by atoms with Crippen molar-refractivity contribution in [3.8, 4) is 0 Å². The van der Waals surface area contributed by atoms with E-state index in [4.69, 9.17) is 14.2 Å². The molecule has 0 bridgehead atoms.